The van der Waals surface area contributed by atoms with E-state index in [1.807, 2.05) is 22.6 Å². The number of aromatic nitrogens is 2. The van der Waals surface area contributed by atoms with Crippen molar-refractivity contribution in [2.75, 3.05) is 5.32 Å². The van der Waals surface area contributed by atoms with Crippen molar-refractivity contribution in [2.24, 2.45) is 0 Å². The summed E-state index contributed by atoms with van der Waals surface area (Å²) in [6.45, 7) is -0.465. The Bertz CT molecular complexity index is 990. The highest BCUT2D eigenvalue weighted by Gasteiger charge is 2.19. The molecule has 3 rings (SSSR count). The SMILES string of the molecule is O=C(Nc1cnn(Cc2c(F)cc(F)c(F)c2F)c1)c1ccccc1I. The van der Waals surface area contributed by atoms with E-state index >= 15 is 0 Å². The number of carbonyl (C=O) groups excluding carboxylic acids is 1. The molecule has 0 spiro atoms. The lowest BCUT2D eigenvalue weighted by molar-refractivity contribution is 0.102. The van der Waals surface area contributed by atoms with Crippen LogP contribution in [-0.2, 0) is 6.54 Å². The van der Waals surface area contributed by atoms with Gasteiger partial charge in [-0.1, -0.05) is 12.1 Å². The van der Waals surface area contributed by atoms with E-state index in [0.717, 1.165) is 8.25 Å². The van der Waals surface area contributed by atoms with Crippen molar-refractivity contribution in [3.05, 3.63) is 80.7 Å². The molecule has 2 aromatic carbocycles. The molecule has 1 N–H and O–H groups in total. The van der Waals surface area contributed by atoms with Crippen LogP contribution in [0, 0.1) is 26.8 Å². The number of rotatable bonds is 4. The standard InChI is InChI=1S/C17H10F4IN3O/c18-12-5-13(19)16(21)15(20)11(12)8-25-7-9(6-23-25)24-17(26)10-3-1-2-4-14(10)22/h1-7H,8H2,(H,24,26). The third-order valence-corrected chi connectivity index (χ3v) is 4.48. The van der Waals surface area contributed by atoms with E-state index in [0.29, 0.717) is 5.56 Å². The van der Waals surface area contributed by atoms with E-state index in [1.165, 1.54) is 12.4 Å². The number of hydrogen-bond acceptors (Lipinski definition) is 2. The van der Waals surface area contributed by atoms with Gasteiger partial charge in [-0.15, -0.1) is 0 Å². The number of halogens is 5. The molecule has 0 aliphatic rings. The molecular formula is C17H10F4IN3O. The highest BCUT2D eigenvalue weighted by molar-refractivity contribution is 14.1. The van der Waals surface area contributed by atoms with Crippen LogP contribution in [0.1, 0.15) is 15.9 Å². The summed E-state index contributed by atoms with van der Waals surface area (Å²) < 4.78 is 55.5. The lowest BCUT2D eigenvalue weighted by Crippen LogP contribution is -2.13. The molecule has 0 radical (unpaired) electrons. The van der Waals surface area contributed by atoms with Crippen molar-refractivity contribution in [1.29, 1.82) is 0 Å². The van der Waals surface area contributed by atoms with Crippen LogP contribution in [0.4, 0.5) is 23.2 Å². The fourth-order valence-electron chi connectivity index (χ4n) is 2.27. The van der Waals surface area contributed by atoms with Gasteiger partial charge in [0.2, 0.25) is 0 Å². The second kappa shape index (κ2) is 7.44. The van der Waals surface area contributed by atoms with Gasteiger partial charge in [-0.05, 0) is 34.7 Å². The number of nitrogens with one attached hydrogen (secondary N) is 1. The molecule has 1 aromatic heterocycles. The van der Waals surface area contributed by atoms with Crippen LogP contribution in [0.5, 0.6) is 0 Å². The average molecular weight is 475 g/mol. The summed E-state index contributed by atoms with van der Waals surface area (Å²) in [5, 5.41) is 6.47. The first-order valence-electron chi connectivity index (χ1n) is 7.27. The zero-order chi connectivity index (χ0) is 18.8. The van der Waals surface area contributed by atoms with Gasteiger partial charge in [0.15, 0.2) is 17.5 Å². The zero-order valence-corrected chi connectivity index (χ0v) is 15.1. The normalized spacial score (nSPS) is 10.8. The van der Waals surface area contributed by atoms with Crippen LogP contribution in [0.15, 0.2) is 42.7 Å². The van der Waals surface area contributed by atoms with Gasteiger partial charge in [-0.3, -0.25) is 9.48 Å². The third kappa shape index (κ3) is 3.71. The third-order valence-electron chi connectivity index (χ3n) is 3.54. The van der Waals surface area contributed by atoms with Crippen molar-refractivity contribution >= 4 is 34.2 Å². The summed E-state index contributed by atoms with van der Waals surface area (Å²) in [5.74, 6) is -6.56. The van der Waals surface area contributed by atoms with Crippen LogP contribution < -0.4 is 5.32 Å². The maximum atomic E-state index is 13.7. The highest BCUT2D eigenvalue weighted by Crippen LogP contribution is 2.21. The minimum absolute atomic E-state index is 0.275. The first-order valence-corrected chi connectivity index (χ1v) is 8.35. The highest BCUT2D eigenvalue weighted by atomic mass is 127. The second-order valence-corrected chi connectivity index (χ2v) is 6.47. The van der Waals surface area contributed by atoms with Crippen molar-refractivity contribution in [3.63, 3.8) is 0 Å². The Hall–Kier alpha value is -2.43. The topological polar surface area (TPSA) is 46.9 Å². The Morgan fingerprint density at radius 2 is 1.85 bits per heavy atom. The second-order valence-electron chi connectivity index (χ2n) is 5.31. The van der Waals surface area contributed by atoms with Crippen molar-refractivity contribution in [2.45, 2.75) is 6.54 Å². The van der Waals surface area contributed by atoms with Gasteiger partial charge < -0.3 is 5.32 Å². The van der Waals surface area contributed by atoms with E-state index in [9.17, 15) is 22.4 Å². The van der Waals surface area contributed by atoms with Crippen molar-refractivity contribution < 1.29 is 22.4 Å². The van der Waals surface area contributed by atoms with Crippen molar-refractivity contribution in [1.82, 2.24) is 9.78 Å². The number of amides is 1. The van der Waals surface area contributed by atoms with Crippen LogP contribution in [0.3, 0.4) is 0 Å². The fraction of sp³-hybridized carbons (Fsp3) is 0.0588. The lowest BCUT2D eigenvalue weighted by Gasteiger charge is -2.07. The average Bonchev–Trinajstić information content (AvgIpc) is 3.04. The number of benzene rings is 2. The molecular weight excluding hydrogens is 465 g/mol. The molecule has 0 bridgehead atoms. The van der Waals surface area contributed by atoms with Crippen LogP contribution in [0.25, 0.3) is 0 Å². The minimum Gasteiger partial charge on any atom is -0.319 e. The Morgan fingerprint density at radius 1 is 1.12 bits per heavy atom. The Labute approximate surface area is 159 Å². The van der Waals surface area contributed by atoms with Crippen LogP contribution >= 0.6 is 22.6 Å². The van der Waals surface area contributed by atoms with E-state index in [4.69, 9.17) is 0 Å². The van der Waals surface area contributed by atoms with E-state index < -0.39 is 35.4 Å². The van der Waals surface area contributed by atoms with Gasteiger partial charge in [0, 0.05) is 21.4 Å². The molecule has 26 heavy (non-hydrogen) atoms. The predicted octanol–water partition coefficient (Wildman–Crippen LogP) is 4.34. The largest absolute Gasteiger partial charge is 0.319 e. The van der Waals surface area contributed by atoms with Gasteiger partial charge in [0.05, 0.1) is 24.0 Å². The molecule has 0 atom stereocenters. The summed E-state index contributed by atoms with van der Waals surface area (Å²) in [6, 6.07) is 7.20. The van der Waals surface area contributed by atoms with E-state index in [1.54, 1.807) is 24.3 Å². The molecule has 0 aliphatic heterocycles. The number of carbonyl (C=O) groups is 1. The molecule has 1 heterocycles. The lowest BCUT2D eigenvalue weighted by atomic mass is 10.2. The first-order chi connectivity index (χ1) is 12.4. The molecule has 134 valence electrons. The molecule has 1 amide bonds. The summed E-state index contributed by atoms with van der Waals surface area (Å²) in [4.78, 5) is 12.2. The van der Waals surface area contributed by atoms with Crippen molar-refractivity contribution in [3.8, 4) is 0 Å². The van der Waals surface area contributed by atoms with Crippen LogP contribution in [-0.4, -0.2) is 15.7 Å². The minimum atomic E-state index is -1.75. The molecule has 4 nitrogen and oxygen atoms in total. The molecule has 0 saturated carbocycles. The number of anilines is 1. The van der Waals surface area contributed by atoms with Gasteiger partial charge in [-0.2, -0.15) is 5.10 Å². The van der Waals surface area contributed by atoms with Gasteiger partial charge >= 0.3 is 0 Å². The maximum Gasteiger partial charge on any atom is 0.256 e. The van der Waals surface area contributed by atoms with Crippen LogP contribution in [0.2, 0.25) is 0 Å². The van der Waals surface area contributed by atoms with Gasteiger partial charge in [0.1, 0.15) is 5.82 Å². The smallest absolute Gasteiger partial charge is 0.256 e. The van der Waals surface area contributed by atoms with Gasteiger partial charge in [0.25, 0.3) is 5.91 Å². The maximum absolute atomic E-state index is 13.7. The zero-order valence-electron chi connectivity index (χ0n) is 12.9. The summed E-state index contributed by atoms with van der Waals surface area (Å²) in [6.07, 6.45) is 2.61. The van der Waals surface area contributed by atoms with E-state index in [-0.39, 0.29) is 17.7 Å². The van der Waals surface area contributed by atoms with Gasteiger partial charge in [-0.25, -0.2) is 17.6 Å². The quantitative estimate of drug-likeness (QED) is 0.264. The Balaban J connectivity index is 1.78. The molecule has 0 unspecified atom stereocenters. The summed E-state index contributed by atoms with van der Waals surface area (Å²) in [7, 11) is 0. The molecule has 3 aromatic rings. The Kier molecular flexibility index (Phi) is 5.25. The van der Waals surface area contributed by atoms with E-state index in [2.05, 4.69) is 10.4 Å². The molecule has 9 heteroatoms. The summed E-state index contributed by atoms with van der Waals surface area (Å²) >= 11 is 2.02. The molecule has 0 aliphatic carbocycles. The predicted molar refractivity (Wildman–Crippen MR) is 94.7 cm³/mol. The summed E-state index contributed by atoms with van der Waals surface area (Å²) in [5.41, 5.74) is 0.0825. The number of nitrogens with zero attached hydrogens (tertiary/aromatic N) is 2. The first kappa shape index (κ1) is 18.4. The monoisotopic (exact) mass is 475 g/mol. The number of hydrogen-bond donors (Lipinski definition) is 1. The molecule has 0 saturated heterocycles. The molecule has 0 fully saturated rings. The Morgan fingerprint density at radius 3 is 2.58 bits per heavy atom. The fourth-order valence-corrected chi connectivity index (χ4v) is 2.90.